The highest BCUT2D eigenvalue weighted by atomic mass is 16.3. The lowest BCUT2D eigenvalue weighted by atomic mass is 10.0. The Morgan fingerprint density at radius 1 is 1.03 bits per heavy atom. The van der Waals surface area contributed by atoms with Crippen molar-refractivity contribution in [1.29, 1.82) is 0 Å². The number of hydrogen-bond donors (Lipinski definition) is 2. The normalized spacial score (nSPS) is 15.6. The van der Waals surface area contributed by atoms with Crippen LogP contribution in [-0.4, -0.2) is 35.1 Å². The summed E-state index contributed by atoms with van der Waals surface area (Å²) in [4.78, 5) is 15.1. The molecular weight excluding hydrogens is 376 g/mol. The molecule has 1 saturated heterocycles. The number of carbonyl (C=O) groups excluding carboxylic acids is 1. The number of amides is 1. The quantitative estimate of drug-likeness (QED) is 0.665. The Bertz CT molecular complexity index is 1040. The first-order valence-electron chi connectivity index (χ1n) is 10.7. The third-order valence-corrected chi connectivity index (χ3v) is 6.13. The van der Waals surface area contributed by atoms with Crippen molar-refractivity contribution < 1.29 is 14.3 Å². The molecule has 0 saturated carbocycles. The molecule has 2 heterocycles. The van der Waals surface area contributed by atoms with E-state index in [1.807, 2.05) is 26.8 Å². The minimum Gasteiger partial charge on any atom is -0.450 e. The van der Waals surface area contributed by atoms with Crippen molar-refractivity contribution in [2.45, 2.75) is 52.8 Å². The fourth-order valence-corrected chi connectivity index (χ4v) is 4.25. The van der Waals surface area contributed by atoms with E-state index in [1.54, 1.807) is 0 Å². The molecule has 158 valence electrons. The molecule has 5 heteroatoms. The molecule has 5 nitrogen and oxygen atoms in total. The number of aliphatic hydroxyl groups is 1. The standard InChI is InChI=1S/C25H30N2O3/c1-16-4-5-17(2)23-22(16)18(3)24(30-23)25(29)26-14-19-6-8-20(9-7-19)15-27-12-10-21(28)11-13-27/h4-9,21,28H,10-15H2,1-3H3,(H,26,29). The van der Waals surface area contributed by atoms with Gasteiger partial charge in [-0.3, -0.25) is 9.69 Å². The number of carbonyl (C=O) groups is 1. The summed E-state index contributed by atoms with van der Waals surface area (Å²) in [5.41, 5.74) is 6.16. The molecular formula is C25H30N2O3. The van der Waals surface area contributed by atoms with Gasteiger partial charge in [0.05, 0.1) is 6.10 Å². The number of furan rings is 1. The van der Waals surface area contributed by atoms with Crippen LogP contribution in [0.5, 0.6) is 0 Å². The molecule has 30 heavy (non-hydrogen) atoms. The van der Waals surface area contributed by atoms with Crippen molar-refractivity contribution in [3.05, 3.63) is 70.0 Å². The van der Waals surface area contributed by atoms with Crippen LogP contribution in [0.1, 0.15) is 51.2 Å². The number of fused-ring (bicyclic) bond motifs is 1. The van der Waals surface area contributed by atoms with Gasteiger partial charge in [-0.25, -0.2) is 0 Å². The van der Waals surface area contributed by atoms with Crippen LogP contribution in [0.25, 0.3) is 11.0 Å². The molecule has 1 fully saturated rings. The Balaban J connectivity index is 1.38. The number of rotatable bonds is 5. The molecule has 0 aliphatic carbocycles. The molecule has 1 aliphatic heterocycles. The second-order valence-electron chi connectivity index (χ2n) is 8.47. The summed E-state index contributed by atoms with van der Waals surface area (Å²) in [6.45, 7) is 9.23. The number of benzene rings is 2. The molecule has 1 aromatic heterocycles. The van der Waals surface area contributed by atoms with Crippen LogP contribution in [0.3, 0.4) is 0 Å². The highest BCUT2D eigenvalue weighted by molar-refractivity contribution is 6.00. The number of likely N-dealkylation sites (tertiary alicyclic amines) is 1. The monoisotopic (exact) mass is 406 g/mol. The maximum atomic E-state index is 12.8. The lowest BCUT2D eigenvalue weighted by Crippen LogP contribution is -2.35. The van der Waals surface area contributed by atoms with E-state index in [2.05, 4.69) is 40.5 Å². The average molecular weight is 407 g/mol. The minimum atomic E-state index is -0.182. The Morgan fingerprint density at radius 2 is 1.67 bits per heavy atom. The van der Waals surface area contributed by atoms with Gasteiger partial charge in [-0.2, -0.15) is 0 Å². The zero-order valence-electron chi connectivity index (χ0n) is 18.0. The topological polar surface area (TPSA) is 65.7 Å². The molecule has 1 aliphatic rings. The fraction of sp³-hybridized carbons (Fsp3) is 0.400. The Hall–Kier alpha value is -2.63. The fourth-order valence-electron chi connectivity index (χ4n) is 4.25. The molecule has 3 aromatic rings. The van der Waals surface area contributed by atoms with Gasteiger partial charge in [0, 0.05) is 37.1 Å². The molecule has 0 spiro atoms. The molecule has 2 N–H and O–H groups in total. The molecule has 0 radical (unpaired) electrons. The van der Waals surface area contributed by atoms with E-state index < -0.39 is 0 Å². The summed E-state index contributed by atoms with van der Waals surface area (Å²) in [5, 5.41) is 13.7. The SMILES string of the molecule is Cc1ccc(C)c2c(C)c(C(=O)NCc3ccc(CN4CCC(O)CC4)cc3)oc12. The maximum absolute atomic E-state index is 12.8. The smallest absolute Gasteiger partial charge is 0.287 e. The van der Waals surface area contributed by atoms with E-state index in [1.165, 1.54) is 5.56 Å². The van der Waals surface area contributed by atoms with E-state index >= 15 is 0 Å². The van der Waals surface area contributed by atoms with Gasteiger partial charge < -0.3 is 14.8 Å². The number of hydrogen-bond acceptors (Lipinski definition) is 4. The maximum Gasteiger partial charge on any atom is 0.287 e. The second kappa shape index (κ2) is 8.62. The largest absolute Gasteiger partial charge is 0.450 e. The van der Waals surface area contributed by atoms with Crippen molar-refractivity contribution in [2.75, 3.05) is 13.1 Å². The van der Waals surface area contributed by atoms with E-state index in [-0.39, 0.29) is 12.0 Å². The minimum absolute atomic E-state index is 0.143. The zero-order valence-corrected chi connectivity index (χ0v) is 18.0. The van der Waals surface area contributed by atoms with Gasteiger partial charge in [0.25, 0.3) is 5.91 Å². The number of aliphatic hydroxyl groups excluding tert-OH is 1. The first-order valence-corrected chi connectivity index (χ1v) is 10.7. The Morgan fingerprint density at radius 3 is 2.33 bits per heavy atom. The lowest BCUT2D eigenvalue weighted by molar-refractivity contribution is 0.0792. The summed E-state index contributed by atoms with van der Waals surface area (Å²) in [5.74, 6) is 0.213. The van der Waals surface area contributed by atoms with Crippen LogP contribution in [0.15, 0.2) is 40.8 Å². The van der Waals surface area contributed by atoms with Crippen molar-refractivity contribution in [3.63, 3.8) is 0 Å². The van der Waals surface area contributed by atoms with Crippen LogP contribution in [0.2, 0.25) is 0 Å². The van der Waals surface area contributed by atoms with E-state index in [9.17, 15) is 9.90 Å². The molecule has 2 aromatic carbocycles. The zero-order chi connectivity index (χ0) is 21.3. The van der Waals surface area contributed by atoms with Gasteiger partial charge >= 0.3 is 0 Å². The summed E-state index contributed by atoms with van der Waals surface area (Å²) in [7, 11) is 0. The van der Waals surface area contributed by atoms with Crippen molar-refractivity contribution in [3.8, 4) is 0 Å². The third kappa shape index (κ3) is 4.27. The number of piperidine rings is 1. The number of nitrogens with one attached hydrogen (secondary N) is 1. The summed E-state index contributed by atoms with van der Waals surface area (Å²) in [6.07, 6.45) is 1.56. The van der Waals surface area contributed by atoms with Crippen LogP contribution in [-0.2, 0) is 13.1 Å². The predicted octanol–water partition coefficient (Wildman–Crippen LogP) is 4.24. The first-order chi connectivity index (χ1) is 14.4. The first kappa shape index (κ1) is 20.6. The Labute approximate surface area is 177 Å². The van der Waals surface area contributed by atoms with Crippen LogP contribution < -0.4 is 5.32 Å². The third-order valence-electron chi connectivity index (χ3n) is 6.13. The highest BCUT2D eigenvalue weighted by Gasteiger charge is 2.20. The Kier molecular flexibility index (Phi) is 5.93. The molecule has 4 rings (SSSR count). The molecule has 0 unspecified atom stereocenters. The summed E-state index contributed by atoms with van der Waals surface area (Å²) >= 11 is 0. The van der Waals surface area contributed by atoms with Gasteiger partial charge in [-0.1, -0.05) is 36.4 Å². The van der Waals surface area contributed by atoms with Crippen molar-refractivity contribution >= 4 is 16.9 Å². The number of aryl methyl sites for hydroxylation is 3. The average Bonchev–Trinajstić information content (AvgIpc) is 3.10. The molecule has 0 bridgehead atoms. The predicted molar refractivity (Wildman–Crippen MR) is 119 cm³/mol. The van der Waals surface area contributed by atoms with Gasteiger partial charge in [0.15, 0.2) is 5.76 Å². The van der Waals surface area contributed by atoms with Crippen LogP contribution in [0, 0.1) is 20.8 Å². The second-order valence-corrected chi connectivity index (χ2v) is 8.47. The van der Waals surface area contributed by atoms with E-state index in [4.69, 9.17) is 4.42 Å². The molecule has 0 atom stereocenters. The van der Waals surface area contributed by atoms with Gasteiger partial charge in [0.1, 0.15) is 5.58 Å². The van der Waals surface area contributed by atoms with Crippen molar-refractivity contribution in [1.82, 2.24) is 10.2 Å². The van der Waals surface area contributed by atoms with Gasteiger partial charge in [-0.05, 0) is 55.9 Å². The summed E-state index contributed by atoms with van der Waals surface area (Å²) < 4.78 is 5.94. The highest BCUT2D eigenvalue weighted by Crippen LogP contribution is 2.30. The molecule has 1 amide bonds. The van der Waals surface area contributed by atoms with Crippen molar-refractivity contribution in [2.24, 2.45) is 0 Å². The lowest BCUT2D eigenvalue weighted by Gasteiger charge is -2.29. The van der Waals surface area contributed by atoms with Gasteiger partial charge in [-0.15, -0.1) is 0 Å². The number of nitrogens with zero attached hydrogens (tertiary/aromatic N) is 1. The van der Waals surface area contributed by atoms with Gasteiger partial charge in [0.2, 0.25) is 0 Å². The van der Waals surface area contributed by atoms with Crippen LogP contribution >= 0.6 is 0 Å². The van der Waals surface area contributed by atoms with Crippen LogP contribution in [0.4, 0.5) is 0 Å². The summed E-state index contributed by atoms with van der Waals surface area (Å²) in [6, 6.07) is 12.4. The van der Waals surface area contributed by atoms with E-state index in [0.29, 0.717) is 12.3 Å². The van der Waals surface area contributed by atoms with E-state index in [0.717, 1.165) is 65.7 Å².